The number of esters is 1. The Morgan fingerprint density at radius 3 is 2.19 bits per heavy atom. The summed E-state index contributed by atoms with van der Waals surface area (Å²) in [5.74, 6) is -1.00. The van der Waals surface area contributed by atoms with E-state index in [4.69, 9.17) is 4.74 Å². The van der Waals surface area contributed by atoms with Crippen LogP contribution < -0.4 is 5.32 Å². The molecule has 1 saturated heterocycles. The molecule has 2 aromatic rings. The summed E-state index contributed by atoms with van der Waals surface area (Å²) in [6.45, 7) is 2.10. The number of aromatic hydroxyl groups is 1. The Morgan fingerprint density at radius 1 is 1.08 bits per heavy atom. The van der Waals surface area contributed by atoms with Crippen LogP contribution in [0.4, 0.5) is 4.79 Å². The highest BCUT2D eigenvalue weighted by Crippen LogP contribution is 2.22. The van der Waals surface area contributed by atoms with E-state index in [0.717, 1.165) is 16.0 Å². The van der Waals surface area contributed by atoms with Gasteiger partial charge in [0, 0.05) is 13.1 Å². The molecule has 1 fully saturated rings. The van der Waals surface area contributed by atoms with E-state index in [9.17, 15) is 19.5 Å². The van der Waals surface area contributed by atoms with Crippen molar-refractivity contribution in [1.82, 2.24) is 10.2 Å². The first-order valence-electron chi connectivity index (χ1n) is 8.15. The number of carbonyl (C=O) groups is 3. The van der Waals surface area contributed by atoms with Crippen LogP contribution in [-0.2, 0) is 9.53 Å². The highest BCUT2D eigenvalue weighted by molar-refractivity contribution is 5.99. The van der Waals surface area contributed by atoms with Crippen molar-refractivity contribution in [2.45, 2.75) is 13.0 Å². The zero-order chi connectivity index (χ0) is 18.7. The number of urea groups is 1. The highest BCUT2D eigenvalue weighted by Gasteiger charge is 2.31. The molecule has 1 atom stereocenters. The summed E-state index contributed by atoms with van der Waals surface area (Å²) in [7, 11) is 0. The van der Waals surface area contributed by atoms with Crippen molar-refractivity contribution in [3.8, 4) is 16.9 Å². The van der Waals surface area contributed by atoms with Gasteiger partial charge in [-0.25, -0.2) is 9.59 Å². The number of benzene rings is 2. The maximum atomic E-state index is 12.2. The molecule has 2 N–H and O–H groups in total. The van der Waals surface area contributed by atoms with Gasteiger partial charge in [0.2, 0.25) is 0 Å². The average Bonchev–Trinajstić information content (AvgIpc) is 3.07. The molecule has 3 rings (SSSR count). The van der Waals surface area contributed by atoms with E-state index < -0.39 is 24.0 Å². The van der Waals surface area contributed by atoms with Crippen molar-refractivity contribution in [3.05, 3.63) is 54.1 Å². The molecule has 0 spiro atoms. The molecule has 0 aromatic heterocycles. The van der Waals surface area contributed by atoms with Crippen molar-refractivity contribution < 1.29 is 24.2 Å². The lowest BCUT2D eigenvalue weighted by Gasteiger charge is -2.18. The second kappa shape index (κ2) is 7.26. The number of ether oxygens (including phenoxy) is 1. The lowest BCUT2D eigenvalue weighted by molar-refractivity contribution is -0.136. The standard InChI is InChI=1S/C19H18N2O5/c1-12(17(23)21-11-10-20-19(21)25)26-18(24)15-4-2-13(3-5-15)14-6-8-16(22)9-7-14/h2-9,12,22H,10-11H2,1H3,(H,20,25)/t12-/m0/s1. The second-order valence-electron chi connectivity index (χ2n) is 5.89. The molecule has 134 valence electrons. The molecule has 0 aliphatic carbocycles. The number of rotatable bonds is 4. The first kappa shape index (κ1) is 17.5. The smallest absolute Gasteiger partial charge is 0.338 e. The van der Waals surface area contributed by atoms with Gasteiger partial charge in [-0.1, -0.05) is 24.3 Å². The van der Waals surface area contributed by atoms with Gasteiger partial charge in [-0.15, -0.1) is 0 Å². The molecule has 1 aliphatic heterocycles. The minimum atomic E-state index is -1.05. The summed E-state index contributed by atoms with van der Waals surface area (Å²) in [5.41, 5.74) is 2.07. The summed E-state index contributed by atoms with van der Waals surface area (Å²) in [6.07, 6.45) is -1.05. The van der Waals surface area contributed by atoms with Crippen LogP contribution in [0.15, 0.2) is 48.5 Å². The molecule has 1 heterocycles. The fourth-order valence-electron chi connectivity index (χ4n) is 2.63. The molecular formula is C19H18N2O5. The fraction of sp³-hybridized carbons (Fsp3) is 0.211. The van der Waals surface area contributed by atoms with E-state index in [1.807, 2.05) is 0 Å². The van der Waals surface area contributed by atoms with Crippen LogP contribution in [0.3, 0.4) is 0 Å². The van der Waals surface area contributed by atoms with Crippen LogP contribution in [0.1, 0.15) is 17.3 Å². The number of phenolic OH excluding ortho intramolecular Hbond substituents is 1. The Labute approximate surface area is 150 Å². The number of hydrogen-bond acceptors (Lipinski definition) is 5. The fourth-order valence-corrected chi connectivity index (χ4v) is 2.63. The molecular weight excluding hydrogens is 336 g/mol. The van der Waals surface area contributed by atoms with Gasteiger partial charge >= 0.3 is 12.0 Å². The largest absolute Gasteiger partial charge is 0.508 e. The van der Waals surface area contributed by atoms with Gasteiger partial charge in [0.1, 0.15) is 5.75 Å². The molecule has 3 amide bonds. The van der Waals surface area contributed by atoms with Crippen LogP contribution in [0, 0.1) is 0 Å². The molecule has 2 aromatic carbocycles. The number of amides is 3. The Kier molecular flexibility index (Phi) is 4.88. The number of hydrogen-bond donors (Lipinski definition) is 2. The number of imide groups is 1. The second-order valence-corrected chi connectivity index (χ2v) is 5.89. The van der Waals surface area contributed by atoms with Crippen LogP contribution in [0.2, 0.25) is 0 Å². The number of phenols is 1. The monoisotopic (exact) mass is 354 g/mol. The maximum Gasteiger partial charge on any atom is 0.338 e. The van der Waals surface area contributed by atoms with Gasteiger partial charge in [-0.2, -0.15) is 0 Å². The Bertz CT molecular complexity index is 830. The van der Waals surface area contributed by atoms with Crippen molar-refractivity contribution >= 4 is 17.9 Å². The van der Waals surface area contributed by atoms with Gasteiger partial charge in [0.25, 0.3) is 5.91 Å². The molecule has 7 heteroatoms. The Balaban J connectivity index is 1.65. The summed E-state index contributed by atoms with van der Waals surface area (Å²) in [4.78, 5) is 36.9. The average molecular weight is 354 g/mol. The maximum absolute atomic E-state index is 12.2. The Morgan fingerprint density at radius 2 is 1.65 bits per heavy atom. The topological polar surface area (TPSA) is 95.9 Å². The number of nitrogens with zero attached hydrogens (tertiary/aromatic N) is 1. The van der Waals surface area contributed by atoms with E-state index in [2.05, 4.69) is 5.32 Å². The van der Waals surface area contributed by atoms with Crippen LogP contribution in [0.5, 0.6) is 5.75 Å². The van der Waals surface area contributed by atoms with Gasteiger partial charge in [0.15, 0.2) is 6.10 Å². The van der Waals surface area contributed by atoms with E-state index in [1.54, 1.807) is 48.5 Å². The van der Waals surface area contributed by atoms with Gasteiger partial charge in [0.05, 0.1) is 5.56 Å². The summed E-state index contributed by atoms with van der Waals surface area (Å²) < 4.78 is 5.18. The number of carbonyl (C=O) groups excluding carboxylic acids is 3. The van der Waals surface area contributed by atoms with Crippen molar-refractivity contribution in [3.63, 3.8) is 0 Å². The molecule has 0 radical (unpaired) electrons. The predicted octanol–water partition coefficient (Wildman–Crippen LogP) is 2.16. The first-order valence-corrected chi connectivity index (χ1v) is 8.15. The van der Waals surface area contributed by atoms with Gasteiger partial charge in [-0.05, 0) is 42.3 Å². The van der Waals surface area contributed by atoms with Gasteiger partial charge in [-0.3, -0.25) is 9.69 Å². The molecule has 0 unspecified atom stereocenters. The molecule has 1 aliphatic rings. The molecule has 0 bridgehead atoms. The predicted molar refractivity (Wildman–Crippen MR) is 93.5 cm³/mol. The minimum absolute atomic E-state index is 0.180. The van der Waals surface area contributed by atoms with E-state index >= 15 is 0 Å². The van der Waals surface area contributed by atoms with Crippen LogP contribution in [-0.4, -0.2) is 47.1 Å². The summed E-state index contributed by atoms with van der Waals surface area (Å²) >= 11 is 0. The van der Waals surface area contributed by atoms with Gasteiger partial charge < -0.3 is 15.2 Å². The van der Waals surface area contributed by atoms with E-state index in [1.165, 1.54) is 6.92 Å². The zero-order valence-corrected chi connectivity index (χ0v) is 14.1. The third-order valence-corrected chi connectivity index (χ3v) is 4.08. The van der Waals surface area contributed by atoms with E-state index in [-0.39, 0.29) is 12.3 Å². The highest BCUT2D eigenvalue weighted by atomic mass is 16.5. The minimum Gasteiger partial charge on any atom is -0.508 e. The quantitative estimate of drug-likeness (QED) is 0.820. The Hall–Kier alpha value is -3.35. The van der Waals surface area contributed by atoms with Crippen molar-refractivity contribution in [2.24, 2.45) is 0 Å². The first-order chi connectivity index (χ1) is 12.5. The lowest BCUT2D eigenvalue weighted by Crippen LogP contribution is -2.41. The lowest BCUT2D eigenvalue weighted by atomic mass is 10.0. The number of nitrogens with one attached hydrogen (secondary N) is 1. The SMILES string of the molecule is C[C@H](OC(=O)c1ccc(-c2ccc(O)cc2)cc1)C(=O)N1CCNC1=O. The molecule has 0 saturated carbocycles. The normalized spacial score (nSPS) is 14.7. The van der Waals surface area contributed by atoms with Crippen molar-refractivity contribution in [2.75, 3.05) is 13.1 Å². The van der Waals surface area contributed by atoms with Crippen molar-refractivity contribution in [1.29, 1.82) is 0 Å². The van der Waals surface area contributed by atoms with Crippen LogP contribution >= 0.6 is 0 Å². The van der Waals surface area contributed by atoms with E-state index in [0.29, 0.717) is 12.1 Å². The summed E-state index contributed by atoms with van der Waals surface area (Å²) in [5, 5.41) is 11.9. The third-order valence-electron chi connectivity index (χ3n) is 4.08. The molecule has 7 nitrogen and oxygen atoms in total. The zero-order valence-electron chi connectivity index (χ0n) is 14.1. The molecule has 26 heavy (non-hydrogen) atoms. The summed E-state index contributed by atoms with van der Waals surface area (Å²) in [6, 6.07) is 12.9. The van der Waals surface area contributed by atoms with Crippen LogP contribution in [0.25, 0.3) is 11.1 Å². The third kappa shape index (κ3) is 3.66.